The minimum absolute atomic E-state index is 0.0448. The number of ether oxygens (including phenoxy) is 1. The molecule has 2 aliphatic heterocycles. The van der Waals surface area contributed by atoms with Crippen molar-refractivity contribution in [3.05, 3.63) is 0 Å². The van der Waals surface area contributed by atoms with Gasteiger partial charge in [0.1, 0.15) is 0 Å². The molecule has 2 rings (SSSR count). The molecular formula is C12H23N3O4S. The van der Waals surface area contributed by atoms with Gasteiger partial charge in [-0.1, -0.05) is 0 Å². The summed E-state index contributed by atoms with van der Waals surface area (Å²) in [5.41, 5.74) is 0. The summed E-state index contributed by atoms with van der Waals surface area (Å²) in [4.78, 5) is 12.1. The van der Waals surface area contributed by atoms with Gasteiger partial charge in [0, 0.05) is 33.2 Å². The Balaban J connectivity index is 2.08. The fraction of sp³-hybridized carbons (Fsp3) is 0.917. The van der Waals surface area contributed by atoms with Crippen molar-refractivity contribution in [3.8, 4) is 0 Å². The van der Waals surface area contributed by atoms with E-state index in [0.717, 1.165) is 0 Å². The molecule has 2 bridgehead atoms. The van der Waals surface area contributed by atoms with E-state index < -0.39 is 10.2 Å². The third-order valence-electron chi connectivity index (χ3n) is 3.68. The Morgan fingerprint density at radius 3 is 2.55 bits per heavy atom. The maximum Gasteiger partial charge on any atom is 0.281 e. The molecule has 0 radical (unpaired) electrons. The lowest BCUT2D eigenvalue weighted by molar-refractivity contribution is -0.127. The zero-order chi connectivity index (χ0) is 15.1. The van der Waals surface area contributed by atoms with Gasteiger partial charge >= 0.3 is 0 Å². The van der Waals surface area contributed by atoms with E-state index in [1.165, 1.54) is 22.7 Å². The van der Waals surface area contributed by atoms with Crippen molar-refractivity contribution in [1.29, 1.82) is 0 Å². The molecule has 20 heavy (non-hydrogen) atoms. The van der Waals surface area contributed by atoms with E-state index in [4.69, 9.17) is 4.74 Å². The lowest BCUT2D eigenvalue weighted by atomic mass is 9.99. The molecule has 1 N–H and O–H groups in total. The summed E-state index contributed by atoms with van der Waals surface area (Å²) < 4.78 is 32.6. The number of hydrogen-bond acceptors (Lipinski definition) is 4. The van der Waals surface area contributed by atoms with Crippen LogP contribution in [0.15, 0.2) is 0 Å². The molecule has 8 heteroatoms. The first kappa shape index (κ1) is 15.7. The van der Waals surface area contributed by atoms with Crippen LogP contribution in [0, 0.1) is 5.92 Å². The predicted molar refractivity (Wildman–Crippen MR) is 74.2 cm³/mol. The number of nitrogens with one attached hydrogen (secondary N) is 1. The number of amides is 1. The summed E-state index contributed by atoms with van der Waals surface area (Å²) in [5, 5.41) is 2.88. The predicted octanol–water partition coefficient (Wildman–Crippen LogP) is -0.593. The van der Waals surface area contributed by atoms with Crippen LogP contribution in [-0.4, -0.2) is 68.4 Å². The molecule has 116 valence electrons. The Hall–Kier alpha value is -0.700. The van der Waals surface area contributed by atoms with E-state index in [1.54, 1.807) is 0 Å². The van der Waals surface area contributed by atoms with Crippen molar-refractivity contribution in [1.82, 2.24) is 13.9 Å². The Labute approximate surface area is 120 Å². The molecule has 2 aliphatic rings. The first-order valence-electron chi connectivity index (χ1n) is 6.85. The third-order valence-corrected chi connectivity index (χ3v) is 5.55. The molecule has 2 fully saturated rings. The van der Waals surface area contributed by atoms with Gasteiger partial charge in [0.15, 0.2) is 0 Å². The molecule has 0 unspecified atom stereocenters. The molecule has 0 aliphatic carbocycles. The van der Waals surface area contributed by atoms with Gasteiger partial charge in [0.2, 0.25) is 5.91 Å². The van der Waals surface area contributed by atoms with Crippen LogP contribution < -0.4 is 5.32 Å². The average Bonchev–Trinajstić information content (AvgIpc) is 2.62. The van der Waals surface area contributed by atoms with Crippen LogP contribution in [0.4, 0.5) is 0 Å². The van der Waals surface area contributed by atoms with E-state index in [9.17, 15) is 13.2 Å². The van der Waals surface area contributed by atoms with Gasteiger partial charge in [-0.15, -0.1) is 0 Å². The minimum Gasteiger partial charge on any atom is -0.371 e. The normalized spacial score (nSPS) is 31.0. The zero-order valence-corrected chi connectivity index (χ0v) is 13.2. The Morgan fingerprint density at radius 1 is 1.35 bits per heavy atom. The van der Waals surface area contributed by atoms with Gasteiger partial charge in [-0.2, -0.15) is 17.0 Å². The first-order chi connectivity index (χ1) is 9.21. The second-order valence-corrected chi connectivity index (χ2v) is 8.05. The number of rotatable bonds is 4. The molecule has 1 amide bonds. The summed E-state index contributed by atoms with van der Waals surface area (Å²) in [6, 6.07) is 0.0737. The van der Waals surface area contributed by atoms with Crippen LogP contribution in [0.5, 0.6) is 0 Å². The number of hydrogen-bond donors (Lipinski definition) is 1. The number of nitrogens with zero attached hydrogens (tertiary/aromatic N) is 2. The largest absolute Gasteiger partial charge is 0.371 e. The van der Waals surface area contributed by atoms with Crippen LogP contribution in [0.1, 0.15) is 20.3 Å². The van der Waals surface area contributed by atoms with Crippen LogP contribution in [0.25, 0.3) is 0 Å². The monoisotopic (exact) mass is 305 g/mol. The standard InChI is InChI=1S/C12H23N3O4S/c1-8(2)13-12(16)10-5-9-6-15(7-11(10)19-9)20(17,18)14(3)4/h8-11H,5-7H2,1-4H3,(H,13,16)/t9-,10+,11-/m0/s1. The number of carbonyl (C=O) groups excluding carboxylic acids is 1. The van der Waals surface area contributed by atoms with Crippen molar-refractivity contribution >= 4 is 16.1 Å². The number of morpholine rings is 1. The highest BCUT2D eigenvalue weighted by Gasteiger charge is 2.47. The molecule has 0 saturated carbocycles. The summed E-state index contributed by atoms with van der Waals surface area (Å²) in [5.74, 6) is -0.304. The highest BCUT2D eigenvalue weighted by molar-refractivity contribution is 7.86. The second kappa shape index (κ2) is 5.59. The summed E-state index contributed by atoms with van der Waals surface area (Å²) in [6.07, 6.45) is 0.0523. The van der Waals surface area contributed by atoms with Crippen LogP contribution in [-0.2, 0) is 19.7 Å². The van der Waals surface area contributed by atoms with Crippen molar-refractivity contribution < 1.29 is 17.9 Å². The van der Waals surface area contributed by atoms with Gasteiger partial charge in [0.25, 0.3) is 10.2 Å². The number of fused-ring (bicyclic) bond motifs is 2. The highest BCUT2D eigenvalue weighted by Crippen LogP contribution is 2.33. The first-order valence-corrected chi connectivity index (χ1v) is 8.25. The topological polar surface area (TPSA) is 79.0 Å². The van der Waals surface area contributed by atoms with Crippen LogP contribution in [0.3, 0.4) is 0 Å². The van der Waals surface area contributed by atoms with Crippen molar-refractivity contribution in [2.45, 2.75) is 38.5 Å². The van der Waals surface area contributed by atoms with Gasteiger partial charge in [-0.05, 0) is 20.3 Å². The van der Waals surface area contributed by atoms with E-state index in [-0.39, 0.29) is 36.6 Å². The highest BCUT2D eigenvalue weighted by atomic mass is 32.2. The van der Waals surface area contributed by atoms with Gasteiger partial charge in [-0.3, -0.25) is 4.79 Å². The molecule has 0 aromatic carbocycles. The Morgan fingerprint density at radius 2 is 2.00 bits per heavy atom. The molecule has 2 heterocycles. The van der Waals surface area contributed by atoms with Crippen molar-refractivity contribution in [3.63, 3.8) is 0 Å². The SMILES string of the molecule is CC(C)NC(=O)[C@@H]1C[C@H]2CN(S(=O)(=O)N(C)C)C[C@@H]1O2. The smallest absolute Gasteiger partial charge is 0.281 e. The quantitative estimate of drug-likeness (QED) is 0.753. The zero-order valence-electron chi connectivity index (χ0n) is 12.4. The van der Waals surface area contributed by atoms with Gasteiger partial charge in [0.05, 0.1) is 18.1 Å². The van der Waals surface area contributed by atoms with Crippen molar-refractivity contribution in [2.24, 2.45) is 5.92 Å². The molecule has 0 aromatic heterocycles. The maximum atomic E-state index is 12.2. The lowest BCUT2D eigenvalue weighted by Gasteiger charge is -2.33. The van der Waals surface area contributed by atoms with Crippen molar-refractivity contribution in [2.75, 3.05) is 27.2 Å². The maximum absolute atomic E-state index is 12.2. The molecule has 0 aromatic rings. The van der Waals surface area contributed by atoms with Gasteiger partial charge < -0.3 is 10.1 Å². The van der Waals surface area contributed by atoms with E-state index >= 15 is 0 Å². The second-order valence-electron chi connectivity index (χ2n) is 5.91. The number of carbonyl (C=O) groups is 1. The Bertz CT molecular complexity index is 477. The fourth-order valence-corrected chi connectivity index (χ4v) is 3.86. The summed E-state index contributed by atoms with van der Waals surface area (Å²) in [7, 11) is -0.424. The fourth-order valence-electron chi connectivity index (χ4n) is 2.71. The molecule has 3 atom stereocenters. The van der Waals surface area contributed by atoms with E-state index in [0.29, 0.717) is 13.0 Å². The third kappa shape index (κ3) is 2.98. The molecular weight excluding hydrogens is 282 g/mol. The van der Waals surface area contributed by atoms with Gasteiger partial charge in [-0.25, -0.2) is 0 Å². The average molecular weight is 305 g/mol. The van der Waals surface area contributed by atoms with Crippen LogP contribution in [0.2, 0.25) is 0 Å². The molecule has 2 saturated heterocycles. The lowest BCUT2D eigenvalue weighted by Crippen LogP contribution is -2.51. The Kier molecular flexibility index (Phi) is 4.38. The van der Waals surface area contributed by atoms with E-state index in [2.05, 4.69) is 5.32 Å². The van der Waals surface area contributed by atoms with Crippen LogP contribution >= 0.6 is 0 Å². The summed E-state index contributed by atoms with van der Waals surface area (Å²) in [6.45, 7) is 4.38. The minimum atomic E-state index is -3.44. The summed E-state index contributed by atoms with van der Waals surface area (Å²) >= 11 is 0. The van der Waals surface area contributed by atoms with E-state index in [1.807, 2.05) is 13.8 Å². The molecule has 7 nitrogen and oxygen atoms in total. The molecule has 0 spiro atoms.